The van der Waals surface area contributed by atoms with Crippen molar-refractivity contribution in [1.29, 1.82) is 0 Å². The zero-order valence-corrected chi connectivity index (χ0v) is 9.46. The Balaban J connectivity index is 3.93. The van der Waals surface area contributed by atoms with E-state index in [4.69, 9.17) is 0 Å². The summed E-state index contributed by atoms with van der Waals surface area (Å²) in [6, 6.07) is 0. The fraction of sp³-hybridized carbons (Fsp3) is 0.333. The Hall–Kier alpha value is -1.25. The Kier molecular flexibility index (Phi) is 6.54. The molecule has 0 radical (unpaired) electrons. The number of rotatable bonds is 2. The minimum Gasteiger partial charge on any atom is -0.258 e. The summed E-state index contributed by atoms with van der Waals surface area (Å²) < 4.78 is 11.3. The first-order valence-corrected chi connectivity index (χ1v) is 5.65. The van der Waals surface area contributed by atoms with Crippen LogP contribution in [0, 0.1) is 23.7 Å². The summed E-state index contributed by atoms with van der Waals surface area (Å²) in [6.07, 6.45) is 0. The number of allylic oxidation sites excluding steroid dienone is 2. The molecule has 0 aromatic heterocycles. The van der Waals surface area contributed by atoms with E-state index in [-0.39, 0.29) is 0 Å². The molecule has 0 aliphatic carbocycles. The molecule has 0 spiro atoms. The predicted octanol–water partition coefficient (Wildman–Crippen LogP) is 1.89. The smallest absolute Gasteiger partial charge is 0.0860 e. The maximum Gasteiger partial charge on any atom is 0.0860 e. The molecule has 0 saturated carbocycles. The van der Waals surface area contributed by atoms with Crippen LogP contribution in [0.3, 0.4) is 0 Å². The molecule has 0 fully saturated rings. The van der Waals surface area contributed by atoms with Gasteiger partial charge >= 0.3 is 0 Å². The molecule has 0 unspecified atom stereocenters. The minimum atomic E-state index is -0.982. The van der Waals surface area contributed by atoms with Gasteiger partial charge in [0, 0.05) is 10.8 Å². The third-order valence-electron chi connectivity index (χ3n) is 1.07. The van der Waals surface area contributed by atoms with Crippen LogP contribution in [0.5, 0.6) is 0 Å². The van der Waals surface area contributed by atoms with E-state index < -0.39 is 10.8 Å². The topological polar surface area (TPSA) is 17.1 Å². The van der Waals surface area contributed by atoms with Crippen LogP contribution >= 0.6 is 0 Å². The van der Waals surface area contributed by atoms with Crippen LogP contribution in [0.4, 0.5) is 0 Å². The molecular formula is C12H14OS. The van der Waals surface area contributed by atoms with Crippen molar-refractivity contribution in [2.75, 3.05) is 11.5 Å². The van der Waals surface area contributed by atoms with Gasteiger partial charge in [-0.15, -0.1) is 0 Å². The summed E-state index contributed by atoms with van der Waals surface area (Å²) in [5.74, 6) is 11.8. The van der Waals surface area contributed by atoms with Crippen LogP contribution < -0.4 is 0 Å². The SMILES string of the molecule is C=C(C)C#CCS(=O)CC#CC(=C)C. The lowest BCUT2D eigenvalue weighted by Gasteiger charge is -1.87. The Bertz CT molecular complexity index is 333. The van der Waals surface area contributed by atoms with E-state index in [1.54, 1.807) is 0 Å². The minimum absolute atomic E-state index is 0.359. The molecule has 0 aromatic carbocycles. The fourth-order valence-corrected chi connectivity index (χ4v) is 1.15. The normalized spacial score (nSPS) is 8.21. The van der Waals surface area contributed by atoms with Gasteiger partial charge in [0.25, 0.3) is 0 Å². The lowest BCUT2D eigenvalue weighted by Crippen LogP contribution is -1.98. The van der Waals surface area contributed by atoms with Crippen LogP contribution in [-0.4, -0.2) is 15.7 Å². The molecule has 74 valence electrons. The molecule has 0 bridgehead atoms. The van der Waals surface area contributed by atoms with Gasteiger partial charge < -0.3 is 0 Å². The maximum atomic E-state index is 11.3. The molecule has 0 heterocycles. The molecule has 0 N–H and O–H groups in total. The standard InChI is InChI=1S/C12H14OS/c1-11(2)7-5-9-14(13)10-6-8-12(3)4/h1,3,9-10H2,2,4H3. The van der Waals surface area contributed by atoms with Gasteiger partial charge in [0.2, 0.25) is 0 Å². The molecule has 14 heavy (non-hydrogen) atoms. The molecule has 0 rings (SSSR count). The Labute approximate surface area is 88.7 Å². The summed E-state index contributed by atoms with van der Waals surface area (Å²) in [7, 11) is -0.982. The second kappa shape index (κ2) is 7.18. The molecule has 1 nitrogen and oxygen atoms in total. The largest absolute Gasteiger partial charge is 0.258 e. The Morgan fingerprint density at radius 1 is 1.07 bits per heavy atom. The number of hydrogen-bond acceptors (Lipinski definition) is 1. The molecule has 0 aliphatic heterocycles. The van der Waals surface area contributed by atoms with Crippen molar-refractivity contribution in [2.45, 2.75) is 13.8 Å². The molecular weight excluding hydrogens is 192 g/mol. The van der Waals surface area contributed by atoms with Gasteiger partial charge in [-0.1, -0.05) is 36.8 Å². The number of hydrogen-bond donors (Lipinski definition) is 0. The summed E-state index contributed by atoms with van der Waals surface area (Å²) >= 11 is 0. The third kappa shape index (κ3) is 8.84. The Morgan fingerprint density at radius 2 is 1.43 bits per heavy atom. The van der Waals surface area contributed by atoms with Gasteiger partial charge in [0.1, 0.15) is 0 Å². The van der Waals surface area contributed by atoms with E-state index in [0.717, 1.165) is 11.1 Å². The zero-order chi connectivity index (χ0) is 11.0. The molecule has 0 saturated heterocycles. The Morgan fingerprint density at radius 3 is 1.71 bits per heavy atom. The van der Waals surface area contributed by atoms with E-state index in [0.29, 0.717) is 11.5 Å². The average molecular weight is 206 g/mol. The first-order chi connectivity index (χ1) is 6.52. The van der Waals surface area contributed by atoms with E-state index >= 15 is 0 Å². The van der Waals surface area contributed by atoms with Gasteiger partial charge in [-0.2, -0.15) is 0 Å². The van der Waals surface area contributed by atoms with E-state index in [2.05, 4.69) is 36.8 Å². The molecule has 0 aromatic rings. The zero-order valence-electron chi connectivity index (χ0n) is 8.64. The maximum absolute atomic E-state index is 11.3. The third-order valence-corrected chi connectivity index (χ3v) is 2.00. The van der Waals surface area contributed by atoms with Crippen molar-refractivity contribution in [2.24, 2.45) is 0 Å². The van der Waals surface area contributed by atoms with E-state index in [1.165, 1.54) is 0 Å². The van der Waals surface area contributed by atoms with Crippen LogP contribution in [0.25, 0.3) is 0 Å². The van der Waals surface area contributed by atoms with Gasteiger partial charge in [-0.3, -0.25) is 4.21 Å². The van der Waals surface area contributed by atoms with Crippen molar-refractivity contribution < 1.29 is 4.21 Å². The van der Waals surface area contributed by atoms with Crippen LogP contribution in [0.15, 0.2) is 24.3 Å². The second-order valence-electron chi connectivity index (χ2n) is 2.89. The van der Waals surface area contributed by atoms with Crippen LogP contribution in [0.2, 0.25) is 0 Å². The second-order valence-corrected chi connectivity index (χ2v) is 4.35. The monoisotopic (exact) mass is 206 g/mol. The van der Waals surface area contributed by atoms with Crippen molar-refractivity contribution in [3.8, 4) is 23.7 Å². The van der Waals surface area contributed by atoms with Gasteiger partial charge in [-0.25, -0.2) is 0 Å². The van der Waals surface area contributed by atoms with E-state index in [1.807, 2.05) is 13.8 Å². The van der Waals surface area contributed by atoms with Crippen molar-refractivity contribution >= 4 is 10.8 Å². The fourth-order valence-electron chi connectivity index (χ4n) is 0.586. The average Bonchev–Trinajstić information content (AvgIpc) is 2.02. The van der Waals surface area contributed by atoms with Gasteiger partial charge in [0.15, 0.2) is 0 Å². The highest BCUT2D eigenvalue weighted by molar-refractivity contribution is 7.85. The first kappa shape index (κ1) is 12.8. The quantitative estimate of drug-likeness (QED) is 0.631. The van der Waals surface area contributed by atoms with Crippen molar-refractivity contribution in [3.05, 3.63) is 24.3 Å². The summed E-state index contributed by atoms with van der Waals surface area (Å²) in [4.78, 5) is 0. The molecule has 0 atom stereocenters. The highest BCUT2D eigenvalue weighted by Gasteiger charge is 1.91. The first-order valence-electron chi connectivity index (χ1n) is 4.16. The lowest BCUT2D eigenvalue weighted by molar-refractivity contribution is 0.687. The van der Waals surface area contributed by atoms with Crippen molar-refractivity contribution in [3.63, 3.8) is 0 Å². The molecule has 0 amide bonds. The summed E-state index contributed by atoms with van der Waals surface area (Å²) in [5.41, 5.74) is 1.57. The van der Waals surface area contributed by atoms with E-state index in [9.17, 15) is 4.21 Å². The van der Waals surface area contributed by atoms with Crippen LogP contribution in [0.1, 0.15) is 13.8 Å². The lowest BCUT2D eigenvalue weighted by atomic mass is 10.4. The van der Waals surface area contributed by atoms with Crippen molar-refractivity contribution in [1.82, 2.24) is 0 Å². The van der Waals surface area contributed by atoms with Crippen LogP contribution in [-0.2, 0) is 10.8 Å². The summed E-state index contributed by atoms with van der Waals surface area (Å²) in [6.45, 7) is 10.9. The van der Waals surface area contributed by atoms with Gasteiger partial charge in [-0.05, 0) is 25.0 Å². The molecule has 0 aliphatic rings. The highest BCUT2D eigenvalue weighted by Crippen LogP contribution is 1.85. The predicted molar refractivity (Wildman–Crippen MR) is 63.1 cm³/mol. The summed E-state index contributed by atoms with van der Waals surface area (Å²) in [5, 5.41) is 0. The molecule has 2 heteroatoms. The van der Waals surface area contributed by atoms with Gasteiger partial charge in [0.05, 0.1) is 11.5 Å². The highest BCUT2D eigenvalue weighted by atomic mass is 32.2.